The fourth-order valence-electron chi connectivity index (χ4n) is 2.22. The molecular weight excluding hydrogens is 202 g/mol. The molecule has 1 amide bonds. The first kappa shape index (κ1) is 13.2. The molecule has 0 radical (unpaired) electrons. The molecule has 0 bridgehead atoms. The van der Waals surface area contributed by atoms with E-state index in [-0.39, 0.29) is 11.9 Å². The van der Waals surface area contributed by atoms with Crippen LogP contribution in [0, 0.1) is 0 Å². The monoisotopic (exact) mass is 225 g/mol. The summed E-state index contributed by atoms with van der Waals surface area (Å²) < 4.78 is 0. The van der Waals surface area contributed by atoms with E-state index in [0.717, 1.165) is 25.7 Å². The zero-order valence-electron chi connectivity index (χ0n) is 10.7. The molecule has 0 saturated carbocycles. The van der Waals surface area contributed by atoms with Crippen molar-refractivity contribution in [3.05, 3.63) is 11.6 Å². The average molecular weight is 225 g/mol. The summed E-state index contributed by atoms with van der Waals surface area (Å²) in [7, 11) is 1.58. The number of carbonyl (C=O) groups is 1. The smallest absolute Gasteiger partial charge is 0.246 e. The van der Waals surface area contributed by atoms with Gasteiger partial charge in [-0.25, -0.2) is 5.06 Å². The van der Waals surface area contributed by atoms with Crippen molar-refractivity contribution in [1.29, 1.82) is 0 Å². The SMILES string of the molecule is CON1C(=O)CCCCC/C=C(/C)CC1C. The van der Waals surface area contributed by atoms with Gasteiger partial charge in [-0.2, -0.15) is 0 Å². The zero-order valence-corrected chi connectivity index (χ0v) is 10.7. The lowest BCUT2D eigenvalue weighted by Gasteiger charge is -2.26. The van der Waals surface area contributed by atoms with Crippen LogP contribution in [0.4, 0.5) is 0 Å². The molecule has 0 fully saturated rings. The molecule has 3 heteroatoms. The van der Waals surface area contributed by atoms with E-state index in [2.05, 4.69) is 13.0 Å². The molecule has 0 N–H and O–H groups in total. The molecule has 0 aromatic heterocycles. The van der Waals surface area contributed by atoms with Crippen molar-refractivity contribution in [2.24, 2.45) is 0 Å². The molecule has 0 spiro atoms. The Morgan fingerprint density at radius 1 is 1.38 bits per heavy atom. The standard InChI is InChI=1S/C13H23NO2/c1-11-8-6-4-5-7-9-13(15)14(16-3)12(2)10-11/h8,12H,4-7,9-10H2,1-3H3/b11-8-. The van der Waals surface area contributed by atoms with Crippen LogP contribution in [0.5, 0.6) is 0 Å². The van der Waals surface area contributed by atoms with Gasteiger partial charge in [-0.3, -0.25) is 9.63 Å². The van der Waals surface area contributed by atoms with Gasteiger partial charge in [0.15, 0.2) is 0 Å². The van der Waals surface area contributed by atoms with Crippen molar-refractivity contribution >= 4 is 5.91 Å². The first-order valence-electron chi connectivity index (χ1n) is 6.17. The first-order valence-corrected chi connectivity index (χ1v) is 6.17. The van der Waals surface area contributed by atoms with Gasteiger partial charge < -0.3 is 0 Å². The lowest BCUT2D eigenvalue weighted by Crippen LogP contribution is -2.37. The van der Waals surface area contributed by atoms with Crippen molar-refractivity contribution in [2.45, 2.75) is 58.4 Å². The van der Waals surface area contributed by atoms with E-state index in [1.165, 1.54) is 17.1 Å². The highest BCUT2D eigenvalue weighted by molar-refractivity contribution is 5.75. The Morgan fingerprint density at radius 2 is 2.12 bits per heavy atom. The Kier molecular flexibility index (Phi) is 5.53. The van der Waals surface area contributed by atoms with E-state index in [0.29, 0.717) is 6.42 Å². The normalized spacial score (nSPS) is 28.2. The summed E-state index contributed by atoms with van der Waals surface area (Å²) in [6.45, 7) is 4.17. The first-order chi connectivity index (χ1) is 7.65. The second kappa shape index (κ2) is 6.69. The molecule has 92 valence electrons. The third kappa shape index (κ3) is 3.97. The molecule has 16 heavy (non-hydrogen) atoms. The lowest BCUT2D eigenvalue weighted by molar-refractivity contribution is -0.186. The summed E-state index contributed by atoms with van der Waals surface area (Å²) in [6.07, 6.45) is 8.22. The molecule has 1 heterocycles. The molecular formula is C13H23NO2. The van der Waals surface area contributed by atoms with Crippen LogP contribution in [0.1, 0.15) is 52.4 Å². The second-order valence-electron chi connectivity index (χ2n) is 4.61. The molecule has 1 aliphatic rings. The number of hydrogen-bond acceptors (Lipinski definition) is 2. The van der Waals surface area contributed by atoms with Crippen molar-refractivity contribution in [3.8, 4) is 0 Å². The molecule has 1 unspecified atom stereocenters. The molecule has 0 aromatic rings. The molecule has 1 atom stereocenters. The van der Waals surface area contributed by atoms with E-state index in [4.69, 9.17) is 4.84 Å². The Bertz CT molecular complexity index is 261. The molecule has 0 saturated heterocycles. The Hall–Kier alpha value is -0.830. The van der Waals surface area contributed by atoms with E-state index in [1.807, 2.05) is 6.92 Å². The minimum Gasteiger partial charge on any atom is -0.274 e. The van der Waals surface area contributed by atoms with Gasteiger partial charge in [0.25, 0.3) is 0 Å². The van der Waals surface area contributed by atoms with Crippen molar-refractivity contribution in [1.82, 2.24) is 5.06 Å². The number of hydrogen-bond donors (Lipinski definition) is 0. The van der Waals surface area contributed by atoms with E-state index in [9.17, 15) is 4.79 Å². The van der Waals surface area contributed by atoms with Gasteiger partial charge in [0, 0.05) is 6.42 Å². The fraction of sp³-hybridized carbons (Fsp3) is 0.769. The number of amides is 1. The zero-order chi connectivity index (χ0) is 12.0. The van der Waals surface area contributed by atoms with Crippen LogP contribution < -0.4 is 0 Å². The fourth-order valence-corrected chi connectivity index (χ4v) is 2.22. The van der Waals surface area contributed by atoms with Gasteiger partial charge in [0.2, 0.25) is 5.91 Å². The van der Waals surface area contributed by atoms with Crippen molar-refractivity contribution in [2.75, 3.05) is 7.11 Å². The lowest BCUT2D eigenvalue weighted by atomic mass is 10.1. The highest BCUT2D eigenvalue weighted by Crippen LogP contribution is 2.17. The Morgan fingerprint density at radius 3 is 2.81 bits per heavy atom. The van der Waals surface area contributed by atoms with Crippen molar-refractivity contribution in [3.63, 3.8) is 0 Å². The second-order valence-corrected chi connectivity index (χ2v) is 4.61. The summed E-state index contributed by atoms with van der Waals surface area (Å²) in [5, 5.41) is 1.53. The van der Waals surface area contributed by atoms with Crippen LogP contribution >= 0.6 is 0 Å². The highest BCUT2D eigenvalue weighted by Gasteiger charge is 2.20. The van der Waals surface area contributed by atoms with Crippen LogP contribution in [-0.2, 0) is 9.63 Å². The van der Waals surface area contributed by atoms with Crippen LogP contribution in [0.2, 0.25) is 0 Å². The maximum absolute atomic E-state index is 11.9. The summed E-state index contributed by atoms with van der Waals surface area (Å²) in [4.78, 5) is 17.1. The predicted molar refractivity (Wildman–Crippen MR) is 64.8 cm³/mol. The largest absolute Gasteiger partial charge is 0.274 e. The van der Waals surface area contributed by atoms with Crippen LogP contribution in [0.3, 0.4) is 0 Å². The van der Waals surface area contributed by atoms with Gasteiger partial charge >= 0.3 is 0 Å². The van der Waals surface area contributed by atoms with E-state index >= 15 is 0 Å². The van der Waals surface area contributed by atoms with Crippen LogP contribution in [0.25, 0.3) is 0 Å². The Balaban J connectivity index is 2.70. The third-order valence-corrected chi connectivity index (χ3v) is 3.05. The quantitative estimate of drug-likeness (QED) is 0.642. The van der Waals surface area contributed by atoms with Gasteiger partial charge in [0.1, 0.15) is 0 Å². The van der Waals surface area contributed by atoms with Crippen LogP contribution in [0.15, 0.2) is 11.6 Å². The van der Waals surface area contributed by atoms with Gasteiger partial charge in [-0.1, -0.05) is 18.1 Å². The van der Waals surface area contributed by atoms with E-state index in [1.54, 1.807) is 7.11 Å². The number of carbonyl (C=O) groups excluding carboxylic acids is 1. The average Bonchev–Trinajstić information content (AvgIpc) is 2.25. The summed E-state index contributed by atoms with van der Waals surface area (Å²) in [6, 6.07) is 0.131. The third-order valence-electron chi connectivity index (χ3n) is 3.05. The molecule has 0 aromatic carbocycles. The summed E-state index contributed by atoms with van der Waals surface area (Å²) in [5.41, 5.74) is 1.35. The maximum Gasteiger partial charge on any atom is 0.246 e. The number of allylic oxidation sites excluding steroid dienone is 1. The minimum atomic E-state index is 0.115. The van der Waals surface area contributed by atoms with Crippen LogP contribution in [-0.4, -0.2) is 24.1 Å². The molecule has 0 aliphatic carbocycles. The topological polar surface area (TPSA) is 29.5 Å². The molecule has 1 aliphatic heterocycles. The number of hydroxylamine groups is 2. The summed E-state index contributed by atoms with van der Waals surface area (Å²) in [5.74, 6) is 0.115. The van der Waals surface area contributed by atoms with Crippen molar-refractivity contribution < 1.29 is 9.63 Å². The van der Waals surface area contributed by atoms with Gasteiger partial charge in [-0.05, 0) is 39.5 Å². The summed E-state index contributed by atoms with van der Waals surface area (Å²) >= 11 is 0. The molecule has 3 nitrogen and oxygen atoms in total. The minimum absolute atomic E-state index is 0.115. The highest BCUT2D eigenvalue weighted by atomic mass is 16.7. The number of rotatable bonds is 1. The predicted octanol–water partition coefficient (Wildman–Crippen LogP) is 3.07. The Labute approximate surface area is 98.4 Å². The van der Waals surface area contributed by atoms with Gasteiger partial charge in [-0.15, -0.1) is 0 Å². The molecule has 1 rings (SSSR count). The van der Waals surface area contributed by atoms with E-state index < -0.39 is 0 Å². The number of nitrogens with zero attached hydrogens (tertiary/aromatic N) is 1. The maximum atomic E-state index is 11.9. The van der Waals surface area contributed by atoms with Gasteiger partial charge in [0.05, 0.1) is 13.2 Å².